The van der Waals surface area contributed by atoms with Crippen LogP contribution >= 0.6 is 0 Å². The third-order valence-electron chi connectivity index (χ3n) is 5.76. The van der Waals surface area contributed by atoms with E-state index in [2.05, 4.69) is 46.3 Å². The topological polar surface area (TPSA) is 36.4 Å². The van der Waals surface area contributed by atoms with Gasteiger partial charge in [0.25, 0.3) is 0 Å². The van der Waals surface area contributed by atoms with Crippen molar-refractivity contribution >= 4 is 0 Å². The maximum absolute atomic E-state index is 11.3. The van der Waals surface area contributed by atoms with Crippen molar-refractivity contribution in [2.45, 2.75) is 63.3 Å². The zero-order chi connectivity index (χ0) is 16.6. The molecule has 3 nitrogen and oxygen atoms in total. The van der Waals surface area contributed by atoms with Gasteiger partial charge in [0, 0.05) is 24.8 Å². The molecule has 0 aliphatic carbocycles. The van der Waals surface area contributed by atoms with Crippen molar-refractivity contribution < 1.29 is 5.11 Å². The second kappa shape index (κ2) is 6.30. The van der Waals surface area contributed by atoms with E-state index in [0.29, 0.717) is 12.1 Å². The molecule has 2 saturated heterocycles. The van der Waals surface area contributed by atoms with Gasteiger partial charge < -0.3 is 5.11 Å². The summed E-state index contributed by atoms with van der Waals surface area (Å²) in [6.07, 6.45) is 7.10. The van der Waals surface area contributed by atoms with Gasteiger partial charge >= 0.3 is 0 Å². The van der Waals surface area contributed by atoms with Crippen LogP contribution in [0.2, 0.25) is 0 Å². The molecular weight excluding hydrogens is 296 g/mol. The van der Waals surface area contributed by atoms with Gasteiger partial charge in [-0.1, -0.05) is 42.8 Å². The zero-order valence-corrected chi connectivity index (χ0v) is 14.4. The number of hydrogen-bond donors (Lipinski definition) is 1. The molecule has 2 atom stereocenters. The van der Waals surface area contributed by atoms with Crippen molar-refractivity contribution in [1.29, 1.82) is 0 Å². The van der Waals surface area contributed by atoms with E-state index in [1.165, 1.54) is 24.8 Å². The largest absolute Gasteiger partial charge is 0.383 e. The minimum absolute atomic E-state index is 0.450. The summed E-state index contributed by atoms with van der Waals surface area (Å²) < 4.78 is 0. The molecule has 1 aromatic carbocycles. The van der Waals surface area contributed by atoms with Crippen molar-refractivity contribution in [3.8, 4) is 0 Å². The maximum atomic E-state index is 11.3. The van der Waals surface area contributed by atoms with Gasteiger partial charge in [-0.25, -0.2) is 0 Å². The lowest BCUT2D eigenvalue weighted by Gasteiger charge is -2.52. The number of aryl methyl sites for hydroxylation is 1. The minimum Gasteiger partial charge on any atom is -0.383 e. The summed E-state index contributed by atoms with van der Waals surface area (Å²) in [4.78, 5) is 7.17. The highest BCUT2D eigenvalue weighted by Gasteiger charge is 2.46. The molecule has 2 bridgehead atoms. The quantitative estimate of drug-likeness (QED) is 0.934. The molecule has 24 heavy (non-hydrogen) atoms. The summed E-state index contributed by atoms with van der Waals surface area (Å²) in [5, 5.41) is 11.3. The van der Waals surface area contributed by atoms with E-state index in [1.54, 1.807) is 0 Å². The zero-order valence-electron chi connectivity index (χ0n) is 14.4. The van der Waals surface area contributed by atoms with Crippen LogP contribution in [0.1, 0.15) is 48.9 Å². The Bertz CT molecular complexity index is 669. The molecule has 2 aromatic rings. The van der Waals surface area contributed by atoms with Crippen LogP contribution in [0, 0.1) is 6.92 Å². The number of aliphatic hydroxyl groups is 1. The Morgan fingerprint density at radius 1 is 1.08 bits per heavy atom. The van der Waals surface area contributed by atoms with Gasteiger partial charge in [0.2, 0.25) is 0 Å². The molecule has 0 radical (unpaired) electrons. The van der Waals surface area contributed by atoms with Crippen LogP contribution in [-0.4, -0.2) is 27.1 Å². The van der Waals surface area contributed by atoms with E-state index in [9.17, 15) is 5.11 Å². The third-order valence-corrected chi connectivity index (χ3v) is 5.76. The number of aromatic nitrogens is 1. The van der Waals surface area contributed by atoms with Crippen molar-refractivity contribution in [3.63, 3.8) is 0 Å². The van der Waals surface area contributed by atoms with E-state index in [1.807, 2.05) is 19.2 Å². The standard InChI is InChI=1S/C21H26N2O/c1-16-10-11-20(22-14-16)21(24)12-18-8-5-9-19(13-21)23(18)15-17-6-3-2-4-7-17/h2-4,6-7,10-11,14,18-19,24H,5,8-9,12-13,15H2,1H3. The summed E-state index contributed by atoms with van der Waals surface area (Å²) in [5.74, 6) is 0. The second-order valence-electron chi connectivity index (χ2n) is 7.56. The third kappa shape index (κ3) is 2.99. The monoisotopic (exact) mass is 322 g/mol. The molecule has 2 unspecified atom stereocenters. The Hall–Kier alpha value is -1.71. The Morgan fingerprint density at radius 2 is 1.79 bits per heavy atom. The lowest BCUT2D eigenvalue weighted by molar-refractivity contribution is -0.102. The van der Waals surface area contributed by atoms with Gasteiger partial charge in [0.1, 0.15) is 5.60 Å². The number of rotatable bonds is 3. The highest BCUT2D eigenvalue weighted by Crippen LogP contribution is 2.44. The number of pyridine rings is 1. The number of benzene rings is 1. The molecule has 0 spiro atoms. The number of nitrogens with zero attached hydrogens (tertiary/aromatic N) is 2. The van der Waals surface area contributed by atoms with Gasteiger partial charge in [-0.2, -0.15) is 0 Å². The molecule has 4 rings (SSSR count). The molecule has 3 heteroatoms. The van der Waals surface area contributed by atoms with Crippen molar-refractivity contribution in [2.24, 2.45) is 0 Å². The lowest BCUT2D eigenvalue weighted by Crippen LogP contribution is -2.56. The molecule has 2 aliphatic heterocycles. The summed E-state index contributed by atoms with van der Waals surface area (Å²) in [5.41, 5.74) is 2.60. The number of hydrogen-bond acceptors (Lipinski definition) is 3. The van der Waals surface area contributed by atoms with Gasteiger partial charge in [-0.15, -0.1) is 0 Å². The first kappa shape index (κ1) is 15.8. The summed E-state index contributed by atoms with van der Waals surface area (Å²) >= 11 is 0. The molecule has 3 heterocycles. The first-order chi connectivity index (χ1) is 11.6. The fourth-order valence-electron chi connectivity index (χ4n) is 4.53. The summed E-state index contributed by atoms with van der Waals surface area (Å²) in [7, 11) is 0. The smallest absolute Gasteiger partial charge is 0.109 e. The number of fused-ring (bicyclic) bond motifs is 2. The maximum Gasteiger partial charge on any atom is 0.109 e. The van der Waals surface area contributed by atoms with Crippen molar-refractivity contribution in [3.05, 3.63) is 65.5 Å². The van der Waals surface area contributed by atoms with Gasteiger partial charge in [0.05, 0.1) is 5.69 Å². The van der Waals surface area contributed by atoms with E-state index in [0.717, 1.165) is 30.6 Å². The predicted molar refractivity (Wildman–Crippen MR) is 95.5 cm³/mol. The summed E-state index contributed by atoms with van der Waals surface area (Å²) in [6.45, 7) is 3.03. The summed E-state index contributed by atoms with van der Waals surface area (Å²) in [6, 6.07) is 15.7. The second-order valence-corrected chi connectivity index (χ2v) is 7.56. The Kier molecular flexibility index (Phi) is 4.15. The van der Waals surface area contributed by atoms with Crippen molar-refractivity contribution in [2.75, 3.05) is 0 Å². The van der Waals surface area contributed by atoms with Crippen LogP contribution in [0.4, 0.5) is 0 Å². The average Bonchev–Trinajstić information content (AvgIpc) is 2.57. The van der Waals surface area contributed by atoms with E-state index in [-0.39, 0.29) is 0 Å². The van der Waals surface area contributed by atoms with Gasteiger partial charge in [0.15, 0.2) is 0 Å². The van der Waals surface area contributed by atoms with Crippen LogP contribution in [0.15, 0.2) is 48.7 Å². The molecule has 0 saturated carbocycles. The Morgan fingerprint density at radius 3 is 2.42 bits per heavy atom. The van der Waals surface area contributed by atoms with Crippen molar-refractivity contribution in [1.82, 2.24) is 9.88 Å². The lowest BCUT2D eigenvalue weighted by atomic mass is 9.73. The fraction of sp³-hybridized carbons (Fsp3) is 0.476. The highest BCUT2D eigenvalue weighted by molar-refractivity contribution is 5.21. The molecule has 2 fully saturated rings. The fourth-order valence-corrected chi connectivity index (χ4v) is 4.53. The van der Waals surface area contributed by atoms with Crippen LogP contribution < -0.4 is 0 Å². The molecule has 1 aromatic heterocycles. The Balaban J connectivity index is 1.57. The van der Waals surface area contributed by atoms with E-state index in [4.69, 9.17) is 0 Å². The van der Waals surface area contributed by atoms with Crippen LogP contribution in [0.5, 0.6) is 0 Å². The van der Waals surface area contributed by atoms with Crippen LogP contribution in [-0.2, 0) is 12.1 Å². The van der Waals surface area contributed by atoms with Crippen LogP contribution in [0.3, 0.4) is 0 Å². The average molecular weight is 322 g/mol. The van der Waals surface area contributed by atoms with Crippen LogP contribution in [0.25, 0.3) is 0 Å². The SMILES string of the molecule is Cc1ccc(C2(O)CC3CCCC(C2)N3Cc2ccccc2)nc1. The van der Waals surface area contributed by atoms with E-state index >= 15 is 0 Å². The predicted octanol–water partition coefficient (Wildman–Crippen LogP) is 3.79. The molecular formula is C21H26N2O. The minimum atomic E-state index is -0.767. The van der Waals surface area contributed by atoms with Gasteiger partial charge in [-0.3, -0.25) is 9.88 Å². The first-order valence-electron chi connectivity index (χ1n) is 9.09. The molecule has 1 N–H and O–H groups in total. The number of piperidine rings is 2. The first-order valence-corrected chi connectivity index (χ1v) is 9.09. The molecule has 0 amide bonds. The molecule has 2 aliphatic rings. The Labute approximate surface area is 144 Å². The molecule has 126 valence electrons. The van der Waals surface area contributed by atoms with E-state index < -0.39 is 5.60 Å². The normalized spacial score (nSPS) is 30.2. The van der Waals surface area contributed by atoms with Gasteiger partial charge in [-0.05, 0) is 49.8 Å². The highest BCUT2D eigenvalue weighted by atomic mass is 16.3.